The molecule has 2 N–H and O–H groups in total. The van der Waals surface area contributed by atoms with Crippen molar-refractivity contribution in [1.29, 1.82) is 0 Å². The van der Waals surface area contributed by atoms with Gasteiger partial charge in [0.25, 0.3) is 0 Å². The van der Waals surface area contributed by atoms with Crippen molar-refractivity contribution in [2.75, 3.05) is 33.3 Å². The van der Waals surface area contributed by atoms with Gasteiger partial charge in [0.1, 0.15) is 5.82 Å². The van der Waals surface area contributed by atoms with E-state index in [1.54, 1.807) is 12.1 Å². The van der Waals surface area contributed by atoms with Crippen molar-refractivity contribution >= 4 is 22.8 Å². The zero-order valence-corrected chi connectivity index (χ0v) is 16.1. The molecule has 2 unspecified atom stereocenters. The molecule has 3 rings (SSSR count). The fourth-order valence-electron chi connectivity index (χ4n) is 3.66. The Morgan fingerprint density at radius 1 is 1.44 bits per heavy atom. The van der Waals surface area contributed by atoms with Crippen LogP contribution in [0.25, 0.3) is 10.9 Å². The first kappa shape index (κ1) is 19.2. The monoisotopic (exact) mass is 374 g/mol. The first-order valence-electron chi connectivity index (χ1n) is 9.40. The lowest BCUT2D eigenvalue weighted by Gasteiger charge is -2.21. The van der Waals surface area contributed by atoms with Crippen LogP contribution in [0.15, 0.2) is 29.4 Å². The number of hydrogen-bond donors (Lipinski definition) is 2. The van der Waals surface area contributed by atoms with Crippen molar-refractivity contribution in [3.05, 3.63) is 35.8 Å². The maximum atomic E-state index is 13.5. The van der Waals surface area contributed by atoms with E-state index >= 15 is 0 Å². The number of fused-ring (bicyclic) bond motifs is 1. The number of esters is 1. The molecule has 1 aromatic carbocycles. The largest absolute Gasteiger partial charge is 0.469 e. The van der Waals surface area contributed by atoms with Gasteiger partial charge in [-0.25, -0.2) is 4.39 Å². The first-order chi connectivity index (χ1) is 13.0. The van der Waals surface area contributed by atoms with Crippen LogP contribution < -0.4 is 5.32 Å². The molecule has 2 aromatic rings. The number of benzene rings is 1. The van der Waals surface area contributed by atoms with Gasteiger partial charge in [-0.05, 0) is 43.0 Å². The lowest BCUT2D eigenvalue weighted by molar-refractivity contribution is -0.145. The van der Waals surface area contributed by atoms with Crippen molar-refractivity contribution in [1.82, 2.24) is 15.2 Å². The Balaban J connectivity index is 1.69. The van der Waals surface area contributed by atoms with Crippen LogP contribution in [0.2, 0.25) is 0 Å². The van der Waals surface area contributed by atoms with Crippen molar-refractivity contribution in [3.63, 3.8) is 0 Å². The van der Waals surface area contributed by atoms with Crippen molar-refractivity contribution in [2.45, 2.75) is 20.3 Å². The number of carbonyl (C=O) groups excluding carboxylic acids is 1. The summed E-state index contributed by atoms with van der Waals surface area (Å²) in [6.45, 7) is 6.80. The number of hydrogen-bond acceptors (Lipinski definition) is 3. The van der Waals surface area contributed by atoms with E-state index in [0.29, 0.717) is 19.5 Å². The molecular formula is C20H27FN4O2. The van der Waals surface area contributed by atoms with Gasteiger partial charge in [-0.15, -0.1) is 0 Å². The highest BCUT2D eigenvalue weighted by Crippen LogP contribution is 2.24. The van der Waals surface area contributed by atoms with E-state index in [-0.39, 0.29) is 23.6 Å². The Kier molecular flexibility index (Phi) is 5.98. The lowest BCUT2D eigenvalue weighted by atomic mass is 9.99. The van der Waals surface area contributed by atoms with E-state index in [9.17, 15) is 9.18 Å². The minimum Gasteiger partial charge on any atom is -0.469 e. The first-order valence-corrected chi connectivity index (χ1v) is 9.40. The van der Waals surface area contributed by atoms with Gasteiger partial charge in [0.15, 0.2) is 5.96 Å². The molecule has 2 heterocycles. The van der Waals surface area contributed by atoms with E-state index in [4.69, 9.17) is 9.73 Å². The Hall–Kier alpha value is -2.57. The summed E-state index contributed by atoms with van der Waals surface area (Å²) in [5, 5.41) is 4.20. The fraction of sp³-hybridized carbons (Fsp3) is 0.500. The Morgan fingerprint density at radius 2 is 2.26 bits per heavy atom. The van der Waals surface area contributed by atoms with E-state index in [0.717, 1.165) is 35.5 Å². The smallest absolute Gasteiger partial charge is 0.310 e. The Bertz CT molecular complexity index is 832. The van der Waals surface area contributed by atoms with Gasteiger partial charge in [-0.2, -0.15) is 0 Å². The zero-order valence-electron chi connectivity index (χ0n) is 16.1. The summed E-state index contributed by atoms with van der Waals surface area (Å²) in [6.07, 6.45) is 2.62. The number of methoxy groups -OCH3 is 1. The van der Waals surface area contributed by atoms with Gasteiger partial charge >= 0.3 is 5.97 Å². The number of likely N-dealkylation sites (tertiary alicyclic amines) is 1. The molecule has 0 radical (unpaired) electrons. The molecule has 27 heavy (non-hydrogen) atoms. The van der Waals surface area contributed by atoms with E-state index in [1.807, 2.05) is 13.1 Å². The molecule has 0 amide bonds. The number of ether oxygens (including phenoxy) is 1. The summed E-state index contributed by atoms with van der Waals surface area (Å²) in [5.74, 6) is 0.497. The van der Waals surface area contributed by atoms with Crippen LogP contribution in [0, 0.1) is 17.7 Å². The number of rotatable bonds is 5. The molecule has 2 atom stereocenters. The summed E-state index contributed by atoms with van der Waals surface area (Å²) in [6, 6.07) is 4.76. The third kappa shape index (κ3) is 4.23. The van der Waals surface area contributed by atoms with Crippen molar-refractivity contribution < 1.29 is 13.9 Å². The number of H-pyrrole nitrogens is 1. The number of carbonyl (C=O) groups is 1. The van der Waals surface area contributed by atoms with Gasteiger partial charge in [0, 0.05) is 43.3 Å². The molecule has 0 saturated carbocycles. The highest BCUT2D eigenvalue weighted by Gasteiger charge is 2.36. The van der Waals surface area contributed by atoms with Gasteiger partial charge in [0.05, 0.1) is 13.0 Å². The van der Waals surface area contributed by atoms with Gasteiger partial charge < -0.3 is 19.9 Å². The van der Waals surface area contributed by atoms with E-state index in [2.05, 4.69) is 22.1 Å². The van der Waals surface area contributed by atoms with Crippen LogP contribution in [0.4, 0.5) is 4.39 Å². The third-order valence-corrected chi connectivity index (χ3v) is 5.12. The molecular weight excluding hydrogens is 347 g/mol. The molecule has 1 aliphatic heterocycles. The normalized spacial score (nSPS) is 20.3. The minimum atomic E-state index is -0.236. The molecule has 1 aromatic heterocycles. The third-order valence-electron chi connectivity index (χ3n) is 5.12. The van der Waals surface area contributed by atoms with Crippen LogP contribution >= 0.6 is 0 Å². The average molecular weight is 374 g/mol. The summed E-state index contributed by atoms with van der Waals surface area (Å²) in [4.78, 5) is 21.9. The van der Waals surface area contributed by atoms with Crippen molar-refractivity contribution in [2.24, 2.45) is 16.8 Å². The van der Waals surface area contributed by atoms with Crippen LogP contribution in [0.5, 0.6) is 0 Å². The number of halogens is 1. The SMILES string of the molecule is CCNC(=NCCc1c[nH]c2ccc(F)cc12)N1CC(C)C(C(=O)OC)C1. The molecule has 1 fully saturated rings. The molecule has 0 aliphatic carbocycles. The number of nitrogens with one attached hydrogen (secondary N) is 2. The molecule has 7 heteroatoms. The number of aromatic nitrogens is 1. The highest BCUT2D eigenvalue weighted by atomic mass is 19.1. The Morgan fingerprint density at radius 3 is 3.00 bits per heavy atom. The fourth-order valence-corrected chi connectivity index (χ4v) is 3.66. The van der Waals surface area contributed by atoms with E-state index in [1.165, 1.54) is 13.2 Å². The summed E-state index contributed by atoms with van der Waals surface area (Å²) < 4.78 is 18.4. The predicted octanol–water partition coefficient (Wildman–Crippen LogP) is 2.56. The standard InChI is InChI=1S/C20H27FN4O2/c1-4-22-20(25-11-13(2)17(12-25)19(26)27-3)23-8-7-14-10-24-18-6-5-15(21)9-16(14)18/h5-6,9-10,13,17,24H,4,7-8,11-12H2,1-3H3,(H,22,23). The zero-order chi connectivity index (χ0) is 19.4. The Labute approximate surface area is 158 Å². The van der Waals surface area contributed by atoms with E-state index < -0.39 is 0 Å². The lowest BCUT2D eigenvalue weighted by Crippen LogP contribution is -2.40. The molecule has 1 saturated heterocycles. The maximum Gasteiger partial charge on any atom is 0.310 e. The second-order valence-corrected chi connectivity index (χ2v) is 7.00. The van der Waals surface area contributed by atoms with Gasteiger partial charge in [0.2, 0.25) is 0 Å². The second kappa shape index (κ2) is 8.41. The topological polar surface area (TPSA) is 69.7 Å². The summed E-state index contributed by atoms with van der Waals surface area (Å²) >= 11 is 0. The number of aromatic amines is 1. The van der Waals surface area contributed by atoms with Gasteiger partial charge in [-0.3, -0.25) is 9.79 Å². The summed E-state index contributed by atoms with van der Waals surface area (Å²) in [5.41, 5.74) is 1.97. The van der Waals surface area contributed by atoms with Crippen molar-refractivity contribution in [3.8, 4) is 0 Å². The summed E-state index contributed by atoms with van der Waals surface area (Å²) in [7, 11) is 1.43. The molecule has 0 bridgehead atoms. The van der Waals surface area contributed by atoms with Crippen LogP contribution in [-0.4, -0.2) is 55.1 Å². The van der Waals surface area contributed by atoms with Crippen LogP contribution in [0.3, 0.4) is 0 Å². The second-order valence-electron chi connectivity index (χ2n) is 7.00. The minimum absolute atomic E-state index is 0.129. The number of guanidine groups is 1. The number of aliphatic imine (C=N–C) groups is 1. The average Bonchev–Trinajstić information content (AvgIpc) is 3.24. The highest BCUT2D eigenvalue weighted by molar-refractivity contribution is 5.84. The molecule has 1 aliphatic rings. The predicted molar refractivity (Wildman–Crippen MR) is 104 cm³/mol. The quantitative estimate of drug-likeness (QED) is 0.479. The van der Waals surface area contributed by atoms with Gasteiger partial charge in [-0.1, -0.05) is 6.92 Å². The molecule has 146 valence electrons. The van der Waals surface area contributed by atoms with Crippen LogP contribution in [0.1, 0.15) is 19.4 Å². The maximum absolute atomic E-state index is 13.5. The van der Waals surface area contributed by atoms with Crippen LogP contribution in [-0.2, 0) is 16.0 Å². The number of nitrogens with zero attached hydrogens (tertiary/aromatic N) is 2. The molecule has 0 spiro atoms. The molecule has 6 nitrogen and oxygen atoms in total.